The topological polar surface area (TPSA) is 222 Å². The van der Waals surface area contributed by atoms with E-state index in [4.69, 9.17) is 19.6 Å². The molecule has 8 rings (SSSR count). The van der Waals surface area contributed by atoms with E-state index in [1.54, 1.807) is 92.0 Å². The maximum absolute atomic E-state index is 13.7. The molecule has 1 saturated carbocycles. The first-order valence-corrected chi connectivity index (χ1v) is 22.0. The molecular formula is C51H48N6O10. The van der Waals surface area contributed by atoms with Crippen molar-refractivity contribution in [2.24, 2.45) is 0 Å². The quantitative estimate of drug-likeness (QED) is 0.0448. The Bertz CT molecular complexity index is 2960. The number of nitrogens with one attached hydrogen (secondary N) is 3. The second-order valence-electron chi connectivity index (χ2n) is 16.2. The lowest BCUT2D eigenvalue weighted by atomic mass is 9.94. The van der Waals surface area contributed by atoms with Crippen LogP contribution in [0, 0.1) is 0 Å². The molecule has 3 amide bonds. The third-order valence-electron chi connectivity index (χ3n) is 11.8. The number of hydrazine groups is 1. The fourth-order valence-electron chi connectivity index (χ4n) is 8.33. The number of amides is 3. The Kier molecular flexibility index (Phi) is 13.7. The Morgan fingerprint density at radius 3 is 2.13 bits per heavy atom. The zero-order chi connectivity index (χ0) is 47.0. The van der Waals surface area contributed by atoms with Gasteiger partial charge in [0.1, 0.15) is 23.4 Å². The molecule has 5 N–H and O–H groups in total. The zero-order valence-electron chi connectivity index (χ0n) is 36.6. The van der Waals surface area contributed by atoms with Crippen LogP contribution < -0.4 is 20.2 Å². The molecule has 1 aliphatic rings. The summed E-state index contributed by atoms with van der Waals surface area (Å²) in [7, 11) is 0. The SMILES string of the molecule is CCN(NC(=O)c1ccc(C(=O)c2ccccc2)cc1)C(=O)COc1ccc(-c2nc3cc(C(=O)NC(Cc4c[nH]c5ccc(OCC(=O)O)cc45)C(=O)O)ccc3n2C2CCCCC2)cc1. The van der Waals surface area contributed by atoms with Gasteiger partial charge in [0.2, 0.25) is 0 Å². The van der Waals surface area contributed by atoms with Gasteiger partial charge in [0.15, 0.2) is 19.0 Å². The molecule has 5 aromatic carbocycles. The van der Waals surface area contributed by atoms with Crippen LogP contribution in [0.4, 0.5) is 0 Å². The van der Waals surface area contributed by atoms with Crippen LogP contribution in [0.3, 0.4) is 0 Å². The first-order valence-electron chi connectivity index (χ1n) is 22.0. The predicted octanol–water partition coefficient (Wildman–Crippen LogP) is 7.38. The van der Waals surface area contributed by atoms with Gasteiger partial charge in [-0.25, -0.2) is 14.6 Å². The Morgan fingerprint density at radius 1 is 0.761 bits per heavy atom. The third kappa shape index (κ3) is 10.5. The number of hydrogen-bond donors (Lipinski definition) is 5. The van der Waals surface area contributed by atoms with Gasteiger partial charge in [-0.2, -0.15) is 0 Å². The number of imidazole rings is 1. The van der Waals surface area contributed by atoms with Crippen molar-refractivity contribution in [1.29, 1.82) is 0 Å². The number of carbonyl (C=O) groups excluding carboxylic acids is 4. The summed E-state index contributed by atoms with van der Waals surface area (Å²) < 4.78 is 13.4. The summed E-state index contributed by atoms with van der Waals surface area (Å²) >= 11 is 0. The maximum atomic E-state index is 13.7. The number of fused-ring (bicyclic) bond motifs is 2. The van der Waals surface area contributed by atoms with E-state index in [0.717, 1.165) is 43.2 Å². The molecule has 1 atom stereocenters. The number of H-pyrrole nitrogens is 1. The highest BCUT2D eigenvalue weighted by Gasteiger charge is 2.26. The van der Waals surface area contributed by atoms with Gasteiger partial charge in [0, 0.05) is 63.9 Å². The van der Waals surface area contributed by atoms with E-state index in [-0.39, 0.29) is 42.5 Å². The first-order chi connectivity index (χ1) is 32.4. The van der Waals surface area contributed by atoms with Gasteiger partial charge >= 0.3 is 11.9 Å². The lowest BCUT2D eigenvalue weighted by Crippen LogP contribution is -2.47. The number of hydrogen-bond acceptors (Lipinski definition) is 9. The summed E-state index contributed by atoms with van der Waals surface area (Å²) in [5.74, 6) is -2.67. The monoisotopic (exact) mass is 904 g/mol. The molecule has 0 aliphatic heterocycles. The standard InChI is InChI=1S/C51H48N6O10/c1-2-56(55-50(63)34-15-13-32(14-16-34)47(61)31-9-5-3-6-10-31)45(58)29-66-38-20-17-33(18-21-38)48-53-42-25-35(19-24-44(42)57(48)37-11-7-4-8-12-37)49(62)54-43(51(64)65)26-36-28-52-41-23-22-39(27-40(36)41)67-30-46(59)60/h3,5-6,9-10,13-25,27-28,37,43,52H,2,4,7-8,11-12,26,29-30H2,1H3,(H,54,62)(H,55,63)(H,59,60)(H,64,65). The van der Waals surface area contributed by atoms with Gasteiger partial charge in [-0.15, -0.1) is 0 Å². The van der Waals surface area contributed by atoms with Crippen LogP contribution in [-0.4, -0.2) is 91.0 Å². The Morgan fingerprint density at radius 2 is 1.43 bits per heavy atom. The molecule has 1 aliphatic carbocycles. The maximum Gasteiger partial charge on any atom is 0.341 e. The number of ether oxygens (including phenoxy) is 2. The lowest BCUT2D eigenvalue weighted by molar-refractivity contribution is -0.140. The van der Waals surface area contributed by atoms with Crippen LogP contribution in [0.1, 0.15) is 87.3 Å². The Hall–Kier alpha value is -8.27. The normalized spacial score (nSPS) is 13.1. The van der Waals surface area contributed by atoms with E-state index < -0.39 is 42.3 Å². The second-order valence-corrected chi connectivity index (χ2v) is 16.2. The van der Waals surface area contributed by atoms with Gasteiger partial charge < -0.3 is 34.6 Å². The number of carboxylic acids is 2. The number of carbonyl (C=O) groups is 6. The van der Waals surface area contributed by atoms with Crippen molar-refractivity contribution in [2.75, 3.05) is 19.8 Å². The smallest absolute Gasteiger partial charge is 0.341 e. The first kappa shape index (κ1) is 45.3. The van der Waals surface area contributed by atoms with Gasteiger partial charge in [-0.3, -0.25) is 29.6 Å². The molecule has 0 bridgehead atoms. The fraction of sp³-hybridized carbons (Fsp3) is 0.235. The number of benzene rings is 5. The minimum absolute atomic E-state index is 0.0522. The Balaban J connectivity index is 0.936. The summed E-state index contributed by atoms with van der Waals surface area (Å²) in [6, 6.07) is 31.2. The number of rotatable bonds is 17. The molecule has 1 unspecified atom stereocenters. The summed E-state index contributed by atoms with van der Waals surface area (Å²) in [5, 5.41) is 23.7. The number of carboxylic acid groups (broad SMARTS) is 2. The van der Waals surface area contributed by atoms with E-state index >= 15 is 0 Å². The molecule has 16 heteroatoms. The number of nitrogens with zero attached hydrogens (tertiary/aromatic N) is 3. The van der Waals surface area contributed by atoms with Crippen molar-refractivity contribution in [1.82, 2.24) is 30.3 Å². The van der Waals surface area contributed by atoms with E-state index in [2.05, 4.69) is 20.3 Å². The molecule has 2 aromatic heterocycles. The van der Waals surface area contributed by atoms with Gasteiger partial charge in [0.05, 0.1) is 11.0 Å². The molecule has 7 aromatic rings. The average molecular weight is 905 g/mol. The van der Waals surface area contributed by atoms with Gasteiger partial charge in [-0.1, -0.05) is 61.7 Å². The van der Waals surface area contributed by atoms with Crippen LogP contribution in [0.5, 0.6) is 11.5 Å². The molecule has 0 radical (unpaired) electrons. The molecular weight excluding hydrogens is 857 g/mol. The summed E-state index contributed by atoms with van der Waals surface area (Å²) in [5.41, 5.74) is 7.59. The number of aromatic nitrogens is 3. The van der Waals surface area contributed by atoms with Crippen LogP contribution >= 0.6 is 0 Å². The summed E-state index contributed by atoms with van der Waals surface area (Å²) in [4.78, 5) is 84.3. The van der Waals surface area contributed by atoms with Crippen molar-refractivity contribution >= 4 is 57.4 Å². The summed E-state index contributed by atoms with van der Waals surface area (Å²) in [6.07, 6.45) is 6.77. The highest BCUT2D eigenvalue weighted by Crippen LogP contribution is 2.37. The molecule has 1 fully saturated rings. The molecule has 2 heterocycles. The highest BCUT2D eigenvalue weighted by molar-refractivity contribution is 6.09. The second kappa shape index (κ2) is 20.3. The number of aromatic amines is 1. The lowest BCUT2D eigenvalue weighted by Gasteiger charge is -2.25. The van der Waals surface area contributed by atoms with Crippen LogP contribution in [0.15, 0.2) is 121 Å². The number of ketones is 1. The predicted molar refractivity (Wildman–Crippen MR) is 248 cm³/mol. The van der Waals surface area contributed by atoms with Crippen LogP contribution in [0.2, 0.25) is 0 Å². The van der Waals surface area contributed by atoms with Crippen molar-refractivity contribution in [3.05, 3.63) is 149 Å². The number of likely N-dealkylation sites (N-methyl/N-ethyl adjacent to an activating group) is 1. The average Bonchev–Trinajstić information content (AvgIpc) is 3.95. The van der Waals surface area contributed by atoms with Crippen LogP contribution in [0.25, 0.3) is 33.3 Å². The van der Waals surface area contributed by atoms with Gasteiger partial charge in [-0.05, 0) is 98.1 Å². The van der Waals surface area contributed by atoms with E-state index in [1.807, 2.05) is 24.3 Å². The van der Waals surface area contributed by atoms with Crippen molar-refractivity contribution in [2.45, 2.75) is 57.5 Å². The van der Waals surface area contributed by atoms with Gasteiger partial charge in [0.25, 0.3) is 17.7 Å². The van der Waals surface area contributed by atoms with Crippen molar-refractivity contribution in [3.63, 3.8) is 0 Å². The zero-order valence-corrected chi connectivity index (χ0v) is 36.6. The molecule has 342 valence electrons. The third-order valence-corrected chi connectivity index (χ3v) is 11.8. The molecule has 0 saturated heterocycles. The molecule has 67 heavy (non-hydrogen) atoms. The minimum Gasteiger partial charge on any atom is -0.484 e. The van der Waals surface area contributed by atoms with E-state index in [1.165, 1.54) is 17.1 Å². The van der Waals surface area contributed by atoms with Crippen LogP contribution in [-0.2, 0) is 20.8 Å². The van der Waals surface area contributed by atoms with Crippen molar-refractivity contribution < 1.29 is 48.5 Å². The largest absolute Gasteiger partial charge is 0.484 e. The number of aliphatic carboxylic acids is 2. The Labute approximate surface area is 384 Å². The summed E-state index contributed by atoms with van der Waals surface area (Å²) in [6.45, 7) is 1.03. The van der Waals surface area contributed by atoms with E-state index in [9.17, 15) is 33.9 Å². The highest BCUT2D eigenvalue weighted by atomic mass is 16.5. The van der Waals surface area contributed by atoms with Crippen molar-refractivity contribution in [3.8, 4) is 22.9 Å². The minimum atomic E-state index is -1.29. The molecule has 0 spiro atoms. The van der Waals surface area contributed by atoms with E-state index in [0.29, 0.717) is 50.4 Å². The molecule has 16 nitrogen and oxygen atoms in total. The fourth-order valence-corrected chi connectivity index (χ4v) is 8.33.